The highest BCUT2D eigenvalue weighted by Gasteiger charge is 2.23. The smallest absolute Gasteiger partial charge is 0.505 e. The Morgan fingerprint density at radius 1 is 0.881 bits per heavy atom. The zero-order valence-electron chi connectivity index (χ0n) is 33.7. The molecule has 15 nitrogen and oxygen atoms in total. The van der Waals surface area contributed by atoms with E-state index in [4.69, 9.17) is 43.5 Å². The van der Waals surface area contributed by atoms with Crippen molar-refractivity contribution in [2.24, 2.45) is 5.10 Å². The van der Waals surface area contributed by atoms with Gasteiger partial charge in [0.15, 0.2) is 0 Å². The van der Waals surface area contributed by atoms with E-state index >= 15 is 0 Å². The number of nitrogens with zero attached hydrogens (tertiary/aromatic N) is 3. The van der Waals surface area contributed by atoms with Crippen molar-refractivity contribution in [3.05, 3.63) is 120 Å². The van der Waals surface area contributed by atoms with Crippen molar-refractivity contribution in [3.63, 3.8) is 0 Å². The third-order valence-corrected chi connectivity index (χ3v) is 8.29. The minimum absolute atomic E-state index is 0. The quantitative estimate of drug-likeness (QED) is 0.0254. The summed E-state index contributed by atoms with van der Waals surface area (Å²) in [7, 11) is 4.81. The fraction of sp³-hybridized carbons (Fsp3) is 0.233. The molecule has 0 atom stereocenters. The Morgan fingerprint density at radius 2 is 1.41 bits per heavy atom. The fourth-order valence-electron chi connectivity index (χ4n) is 4.28. The second-order valence-corrected chi connectivity index (χ2v) is 13.7. The lowest BCUT2D eigenvalue weighted by Gasteiger charge is -2.21. The first-order chi connectivity index (χ1) is 28.1. The van der Waals surface area contributed by atoms with Gasteiger partial charge in [-0.3, -0.25) is 9.59 Å². The second kappa shape index (κ2) is 24.8. The van der Waals surface area contributed by atoms with E-state index in [-0.39, 0.29) is 41.8 Å². The number of anilines is 1. The molecule has 0 amide bonds. The molecule has 0 bridgehead atoms. The van der Waals surface area contributed by atoms with Gasteiger partial charge in [0.1, 0.15) is 29.3 Å². The minimum Gasteiger partial charge on any atom is -0.567 e. The van der Waals surface area contributed by atoms with Crippen molar-refractivity contribution in [3.8, 4) is 23.0 Å². The van der Waals surface area contributed by atoms with Gasteiger partial charge in [0, 0.05) is 30.6 Å². The van der Waals surface area contributed by atoms with E-state index in [1.807, 2.05) is 24.3 Å². The fourth-order valence-corrected chi connectivity index (χ4v) is 5.16. The van der Waals surface area contributed by atoms with Gasteiger partial charge in [-0.05, 0) is 113 Å². The Bertz CT molecular complexity index is 2120. The van der Waals surface area contributed by atoms with E-state index in [0.717, 1.165) is 10.2 Å². The molecule has 0 unspecified atom stereocenters. The lowest BCUT2D eigenvalue weighted by Crippen LogP contribution is -2.28. The Morgan fingerprint density at radius 3 is 1.93 bits per heavy atom. The SMILES string of the molecule is C=CC=O.CC(C)O.COc1ccc(C(=O)Oc2ccc(OC(=O)c3ccc(OC(=O)CC(C)(C)OC)cc3)cc2/C=N/N(C)c2nc3ccccc3s2)cc1.O=C[OH2+]. The highest BCUT2D eigenvalue weighted by Crippen LogP contribution is 2.29. The highest BCUT2D eigenvalue weighted by molar-refractivity contribution is 7.22. The number of benzene rings is 4. The number of hydrogen-bond donors (Lipinski definition) is 1. The van der Waals surface area contributed by atoms with Gasteiger partial charge >= 0.3 is 24.4 Å². The molecule has 0 saturated carbocycles. The van der Waals surface area contributed by atoms with Crippen molar-refractivity contribution in [2.75, 3.05) is 26.3 Å². The third-order valence-electron chi connectivity index (χ3n) is 7.19. The van der Waals surface area contributed by atoms with Crippen molar-refractivity contribution in [2.45, 2.75) is 45.8 Å². The molecule has 3 N–H and O–H groups in total. The number of aldehydes is 1. The first-order valence-corrected chi connectivity index (χ1v) is 18.5. The largest absolute Gasteiger partial charge is 0.567 e. The average Bonchev–Trinajstić information content (AvgIpc) is 3.66. The van der Waals surface area contributed by atoms with Gasteiger partial charge in [-0.15, -0.1) is 0 Å². The number of carbonyl (C=O) groups excluding carboxylic acids is 5. The lowest BCUT2D eigenvalue weighted by molar-refractivity contribution is -0.139. The van der Waals surface area contributed by atoms with Crippen LogP contribution in [0.2, 0.25) is 0 Å². The van der Waals surface area contributed by atoms with Crippen LogP contribution in [0, 0.1) is 0 Å². The van der Waals surface area contributed by atoms with E-state index in [1.165, 1.54) is 80.3 Å². The number of fused-ring (bicyclic) bond motifs is 1. The number of thiazole rings is 1. The molecule has 0 aliphatic carbocycles. The molecule has 1 heterocycles. The van der Waals surface area contributed by atoms with Crippen LogP contribution >= 0.6 is 11.3 Å². The predicted molar refractivity (Wildman–Crippen MR) is 226 cm³/mol. The summed E-state index contributed by atoms with van der Waals surface area (Å²) < 4.78 is 28.2. The lowest BCUT2D eigenvalue weighted by atomic mass is 10.1. The summed E-state index contributed by atoms with van der Waals surface area (Å²) in [5.41, 5.74) is 1.10. The molecule has 59 heavy (non-hydrogen) atoms. The number of methoxy groups -OCH3 is 2. The first kappa shape index (κ1) is 48.4. The maximum Gasteiger partial charge on any atom is 0.505 e. The van der Waals surface area contributed by atoms with Gasteiger partial charge < -0.3 is 33.9 Å². The molecular weight excluding hydrogens is 783 g/mol. The number of allylic oxidation sites excluding steroid dienone is 1. The number of carbonyl (C=O) groups is 5. The number of aliphatic hydroxyl groups excluding tert-OH is 1. The number of esters is 3. The molecule has 0 radical (unpaired) electrons. The molecule has 0 spiro atoms. The van der Waals surface area contributed by atoms with Crippen molar-refractivity contribution in [1.29, 1.82) is 0 Å². The summed E-state index contributed by atoms with van der Waals surface area (Å²) in [5, 5.41) is 20.4. The Balaban J connectivity index is 0.000000974. The van der Waals surface area contributed by atoms with Crippen LogP contribution in [0.1, 0.15) is 60.4 Å². The Kier molecular flexibility index (Phi) is 20.3. The highest BCUT2D eigenvalue weighted by atomic mass is 32.1. The molecule has 0 saturated heterocycles. The summed E-state index contributed by atoms with van der Waals surface area (Å²) in [6.45, 7) is 10.1. The van der Waals surface area contributed by atoms with Crippen LogP contribution in [0.4, 0.5) is 5.13 Å². The summed E-state index contributed by atoms with van der Waals surface area (Å²) in [4.78, 5) is 60.4. The van der Waals surface area contributed by atoms with Crippen molar-refractivity contribution >= 4 is 63.6 Å². The molecule has 4 aromatic carbocycles. The van der Waals surface area contributed by atoms with Gasteiger partial charge in [-0.2, -0.15) is 5.10 Å². The number of ether oxygens (including phenoxy) is 5. The maximum atomic E-state index is 13.0. The van der Waals surface area contributed by atoms with E-state index < -0.39 is 23.5 Å². The first-order valence-electron chi connectivity index (χ1n) is 17.7. The van der Waals surface area contributed by atoms with E-state index in [2.05, 4.69) is 16.7 Å². The predicted octanol–water partition coefficient (Wildman–Crippen LogP) is 6.56. The minimum atomic E-state index is -0.668. The van der Waals surface area contributed by atoms with E-state index in [1.54, 1.807) is 64.0 Å². The molecule has 5 aromatic rings. The van der Waals surface area contributed by atoms with Crippen LogP contribution in [-0.4, -0.2) is 85.1 Å². The molecule has 5 rings (SSSR count). The normalized spacial score (nSPS) is 10.4. The molecule has 0 aliphatic rings. The number of rotatable bonds is 13. The third kappa shape index (κ3) is 17.1. The number of aliphatic hydroxyl groups is 1. The van der Waals surface area contributed by atoms with Crippen LogP contribution in [0.3, 0.4) is 0 Å². The molecule has 1 aromatic heterocycles. The van der Waals surface area contributed by atoms with Crippen LogP contribution in [-0.2, 0) is 19.1 Å². The van der Waals surface area contributed by atoms with Gasteiger partial charge in [0.05, 0.1) is 46.7 Å². The summed E-state index contributed by atoms with van der Waals surface area (Å²) in [6.07, 6.45) is 3.22. The molecule has 16 heteroatoms. The second-order valence-electron chi connectivity index (χ2n) is 12.7. The monoisotopic (exact) mass is 830 g/mol. The molecule has 0 fully saturated rings. The Labute approximate surface area is 346 Å². The molecule has 312 valence electrons. The molecule has 0 aliphatic heterocycles. The Hall–Kier alpha value is -6.75. The average molecular weight is 831 g/mol. The van der Waals surface area contributed by atoms with Crippen LogP contribution in [0.25, 0.3) is 10.2 Å². The number of hydrogen-bond acceptors (Lipinski definition) is 15. The zero-order chi connectivity index (χ0) is 44.0. The van der Waals surface area contributed by atoms with Gasteiger partial charge in [-0.25, -0.2) is 19.6 Å². The summed E-state index contributed by atoms with van der Waals surface area (Å²) in [6, 6.07) is 24.8. The van der Waals surface area contributed by atoms with E-state index in [0.29, 0.717) is 28.3 Å². The van der Waals surface area contributed by atoms with Crippen molar-refractivity contribution in [1.82, 2.24) is 4.98 Å². The molecular formula is C43H48N3O12S+. The standard InChI is InChI=1S/C36H33N3O8S.C3H8O.C3H4O.CH2O2/c1-36(2,44-5)21-32(40)45-27-16-12-23(13-17-27)33(41)46-28-18-19-30(47-34(42)24-10-14-26(43-4)15-11-24)25(20-28)22-37-39(3)35-38-29-8-6-7-9-31(29)48-35;1-3(2)4;1-2-3-4;2-1-3/h6-20,22H,21H2,1-5H3;3-4H,1-2H3;2-3H,1H2;1H,(H,2,3)/p+1/b37-22+;;;. The van der Waals surface area contributed by atoms with Gasteiger partial charge in [-0.1, -0.05) is 30.0 Å². The van der Waals surface area contributed by atoms with Gasteiger partial charge in [0.25, 0.3) is 0 Å². The summed E-state index contributed by atoms with van der Waals surface area (Å²) in [5.74, 6) is -0.445. The van der Waals surface area contributed by atoms with Crippen LogP contribution in [0.15, 0.2) is 109 Å². The maximum absolute atomic E-state index is 13.0. The zero-order valence-corrected chi connectivity index (χ0v) is 34.6. The van der Waals surface area contributed by atoms with Crippen LogP contribution in [0.5, 0.6) is 23.0 Å². The van der Waals surface area contributed by atoms with E-state index in [9.17, 15) is 14.4 Å². The number of para-hydroxylation sites is 1. The van der Waals surface area contributed by atoms with Crippen molar-refractivity contribution < 1.29 is 57.9 Å². The van der Waals surface area contributed by atoms with Crippen LogP contribution < -0.4 is 24.0 Å². The summed E-state index contributed by atoms with van der Waals surface area (Å²) >= 11 is 1.47. The number of aromatic nitrogens is 1. The van der Waals surface area contributed by atoms with Gasteiger partial charge in [0.2, 0.25) is 5.13 Å². The number of hydrazone groups is 1. The topological polar surface area (TPSA) is 203 Å².